The molecule has 58 heavy (non-hydrogen) atoms. The molecule has 1 aliphatic rings. The second-order valence-corrected chi connectivity index (χ2v) is 14.3. The quantitative estimate of drug-likeness (QED) is 0.153. The first-order valence-electron chi connectivity index (χ1n) is 19.2. The van der Waals surface area contributed by atoms with Crippen LogP contribution in [0, 0.1) is 6.57 Å². The van der Waals surface area contributed by atoms with Crippen molar-refractivity contribution in [2.45, 2.75) is 5.41 Å². The second-order valence-electron chi connectivity index (χ2n) is 14.3. The van der Waals surface area contributed by atoms with E-state index in [1.165, 1.54) is 0 Å². The van der Waals surface area contributed by atoms with Crippen molar-refractivity contribution in [3.63, 3.8) is 0 Å². The third-order valence-electron chi connectivity index (χ3n) is 10.9. The van der Waals surface area contributed by atoms with Gasteiger partial charge in [0.2, 0.25) is 0 Å². The Hall–Kier alpha value is -7.94. The summed E-state index contributed by atoms with van der Waals surface area (Å²) in [5, 5.41) is 0. The van der Waals surface area contributed by atoms with Gasteiger partial charge in [-0.05, 0) is 57.6 Å². The Balaban J connectivity index is 1.16. The third-order valence-corrected chi connectivity index (χ3v) is 10.9. The summed E-state index contributed by atoms with van der Waals surface area (Å²) in [4.78, 5) is 18.8. The van der Waals surface area contributed by atoms with Crippen molar-refractivity contribution in [2.75, 3.05) is 0 Å². The molecule has 2 heterocycles. The second kappa shape index (κ2) is 14.6. The minimum atomic E-state index is -0.679. The van der Waals surface area contributed by atoms with E-state index in [-0.39, 0.29) is 0 Å². The fraction of sp³-hybridized carbons (Fsp3) is 0.0189. The largest absolute Gasteiger partial charge is 0.457 e. The van der Waals surface area contributed by atoms with Gasteiger partial charge in [0.25, 0.3) is 0 Å². The van der Waals surface area contributed by atoms with E-state index in [1.54, 1.807) is 0 Å². The fourth-order valence-electron chi connectivity index (χ4n) is 8.25. The molecule has 0 unspecified atom stereocenters. The smallest absolute Gasteiger partial charge is 0.187 e. The van der Waals surface area contributed by atoms with E-state index in [1.807, 2.05) is 72.8 Å². The van der Waals surface area contributed by atoms with E-state index < -0.39 is 5.41 Å². The normalized spacial score (nSPS) is 12.4. The van der Waals surface area contributed by atoms with Crippen LogP contribution in [0.3, 0.4) is 0 Å². The van der Waals surface area contributed by atoms with E-state index >= 15 is 0 Å². The first-order valence-corrected chi connectivity index (χ1v) is 19.2. The van der Waals surface area contributed by atoms with Gasteiger partial charge in [0.1, 0.15) is 11.5 Å². The molecule has 272 valence electrons. The number of aromatic nitrogens is 3. The standard InChI is InChI=1S/C53H34N4O/c1-54-44-32-30-36(31-33-44)38-18-13-20-40(34-38)51-55-50(37-16-5-2-6-17-37)56-52(57-51)41-21-14-19-39(35-41)45-26-15-29-48-49(45)53(42-22-7-3-8-23-42,43-24-9-4-10-25-43)46-27-11-12-28-47(46)58-48/h2-35H. The molecule has 0 N–H and O–H groups in total. The molecule has 10 rings (SSSR count). The lowest BCUT2D eigenvalue weighted by Gasteiger charge is -2.42. The number of hydrogen-bond donors (Lipinski definition) is 0. The number of ether oxygens (including phenoxy) is 1. The molecule has 0 bridgehead atoms. The molecule has 0 radical (unpaired) electrons. The zero-order valence-electron chi connectivity index (χ0n) is 31.3. The summed E-state index contributed by atoms with van der Waals surface area (Å²) >= 11 is 0. The van der Waals surface area contributed by atoms with Crippen LogP contribution in [0.2, 0.25) is 0 Å². The maximum Gasteiger partial charge on any atom is 0.187 e. The Bertz CT molecular complexity index is 2940. The zero-order chi connectivity index (χ0) is 38.9. The molecule has 8 aromatic carbocycles. The van der Waals surface area contributed by atoms with Crippen molar-refractivity contribution in [3.05, 3.63) is 240 Å². The molecule has 0 saturated carbocycles. The first-order chi connectivity index (χ1) is 28.7. The van der Waals surface area contributed by atoms with Gasteiger partial charge in [0, 0.05) is 27.8 Å². The fourth-order valence-corrected chi connectivity index (χ4v) is 8.25. The van der Waals surface area contributed by atoms with E-state index in [4.69, 9.17) is 26.3 Å². The number of benzene rings is 8. The van der Waals surface area contributed by atoms with Gasteiger partial charge in [-0.25, -0.2) is 19.8 Å². The number of hydrogen-bond acceptors (Lipinski definition) is 4. The van der Waals surface area contributed by atoms with Gasteiger partial charge in [-0.2, -0.15) is 0 Å². The highest BCUT2D eigenvalue weighted by Gasteiger charge is 2.46. The Labute approximate surface area is 337 Å². The Morgan fingerprint density at radius 1 is 0.397 bits per heavy atom. The molecule has 1 aliphatic heterocycles. The molecule has 0 spiro atoms. The van der Waals surface area contributed by atoms with Gasteiger partial charge in [0.15, 0.2) is 23.2 Å². The topological polar surface area (TPSA) is 52.3 Å². The summed E-state index contributed by atoms with van der Waals surface area (Å²) in [5.41, 5.74) is 11.1. The minimum absolute atomic E-state index is 0.571. The van der Waals surface area contributed by atoms with Crippen molar-refractivity contribution in [1.29, 1.82) is 0 Å². The molecule has 1 aromatic heterocycles. The van der Waals surface area contributed by atoms with Gasteiger partial charge in [-0.1, -0.05) is 182 Å². The molecule has 0 fully saturated rings. The van der Waals surface area contributed by atoms with Gasteiger partial charge in [0.05, 0.1) is 12.0 Å². The maximum atomic E-state index is 7.36. The molecule has 0 saturated heterocycles. The average Bonchev–Trinajstić information content (AvgIpc) is 3.31. The van der Waals surface area contributed by atoms with Crippen molar-refractivity contribution >= 4 is 5.69 Å². The van der Waals surface area contributed by atoms with Crippen LogP contribution in [0.4, 0.5) is 5.69 Å². The minimum Gasteiger partial charge on any atom is -0.457 e. The van der Waals surface area contributed by atoms with Crippen LogP contribution in [-0.2, 0) is 5.41 Å². The lowest BCUT2D eigenvalue weighted by atomic mass is 9.62. The van der Waals surface area contributed by atoms with E-state index in [0.717, 1.165) is 72.7 Å². The summed E-state index contributed by atoms with van der Waals surface area (Å²) in [6, 6.07) is 70.6. The SMILES string of the molecule is [C-]#[N+]c1ccc(-c2cccc(-c3nc(-c4ccccc4)nc(-c4cccc(-c5cccc6c5C(c5ccccc5)(c5ccccc5)c5ccccc5O6)c4)n3)c2)cc1. The van der Waals surface area contributed by atoms with Gasteiger partial charge >= 0.3 is 0 Å². The van der Waals surface area contributed by atoms with Gasteiger partial charge in [-0.15, -0.1) is 0 Å². The monoisotopic (exact) mass is 742 g/mol. The molecule has 0 aliphatic carbocycles. The summed E-state index contributed by atoms with van der Waals surface area (Å²) in [7, 11) is 0. The van der Waals surface area contributed by atoms with Crippen LogP contribution in [0.25, 0.3) is 61.3 Å². The van der Waals surface area contributed by atoms with Gasteiger partial charge in [-0.3, -0.25) is 0 Å². The van der Waals surface area contributed by atoms with Crippen LogP contribution in [0.1, 0.15) is 22.3 Å². The van der Waals surface area contributed by atoms with Crippen molar-refractivity contribution in [2.24, 2.45) is 0 Å². The molecule has 9 aromatic rings. The zero-order valence-corrected chi connectivity index (χ0v) is 31.3. The summed E-state index contributed by atoms with van der Waals surface area (Å²) in [6.45, 7) is 7.36. The average molecular weight is 743 g/mol. The highest BCUT2D eigenvalue weighted by molar-refractivity contribution is 5.83. The predicted octanol–water partition coefficient (Wildman–Crippen LogP) is 13.2. The molecular formula is C53H34N4O. The van der Waals surface area contributed by atoms with Crippen molar-refractivity contribution in [3.8, 4) is 67.9 Å². The van der Waals surface area contributed by atoms with Gasteiger partial charge < -0.3 is 4.74 Å². The number of para-hydroxylation sites is 1. The van der Waals surface area contributed by atoms with E-state index in [0.29, 0.717) is 23.2 Å². The van der Waals surface area contributed by atoms with Crippen LogP contribution in [0.5, 0.6) is 11.5 Å². The number of fused-ring (bicyclic) bond motifs is 2. The Morgan fingerprint density at radius 2 is 0.879 bits per heavy atom. The highest BCUT2D eigenvalue weighted by atomic mass is 16.5. The predicted molar refractivity (Wildman–Crippen MR) is 232 cm³/mol. The summed E-state index contributed by atoms with van der Waals surface area (Å²) in [5.74, 6) is 3.38. The van der Waals surface area contributed by atoms with Crippen LogP contribution in [0.15, 0.2) is 206 Å². The molecular weight excluding hydrogens is 709 g/mol. The van der Waals surface area contributed by atoms with Crippen molar-refractivity contribution in [1.82, 2.24) is 15.0 Å². The van der Waals surface area contributed by atoms with Crippen LogP contribution in [-0.4, -0.2) is 15.0 Å². The summed E-state index contributed by atoms with van der Waals surface area (Å²) in [6.07, 6.45) is 0. The Morgan fingerprint density at radius 3 is 1.52 bits per heavy atom. The Kier molecular flexibility index (Phi) is 8.70. The molecule has 0 amide bonds. The summed E-state index contributed by atoms with van der Waals surface area (Å²) < 4.78 is 6.79. The number of rotatable bonds is 7. The molecule has 5 nitrogen and oxygen atoms in total. The van der Waals surface area contributed by atoms with Crippen LogP contribution >= 0.6 is 0 Å². The highest BCUT2D eigenvalue weighted by Crippen LogP contribution is 2.57. The lowest BCUT2D eigenvalue weighted by molar-refractivity contribution is 0.435. The molecule has 5 heteroatoms. The first kappa shape index (κ1) is 34.5. The van der Waals surface area contributed by atoms with E-state index in [9.17, 15) is 0 Å². The van der Waals surface area contributed by atoms with E-state index in [2.05, 4.69) is 138 Å². The molecule has 0 atom stereocenters. The third kappa shape index (κ3) is 6.01. The van der Waals surface area contributed by atoms with Crippen molar-refractivity contribution < 1.29 is 4.74 Å². The number of nitrogens with zero attached hydrogens (tertiary/aromatic N) is 4. The van der Waals surface area contributed by atoms with Crippen LogP contribution < -0.4 is 4.74 Å². The lowest BCUT2D eigenvalue weighted by Crippen LogP contribution is -2.34. The maximum absolute atomic E-state index is 7.36.